The minimum absolute atomic E-state index is 0.0192. The van der Waals surface area contributed by atoms with Crippen LogP contribution in [-0.4, -0.2) is 20.9 Å². The summed E-state index contributed by atoms with van der Waals surface area (Å²) in [6, 6.07) is 13.3. The van der Waals surface area contributed by atoms with Crippen LogP contribution in [0.3, 0.4) is 0 Å². The summed E-state index contributed by atoms with van der Waals surface area (Å²) in [6.45, 7) is 0.979. The van der Waals surface area contributed by atoms with E-state index in [9.17, 15) is 9.18 Å². The van der Waals surface area contributed by atoms with Crippen LogP contribution in [0.1, 0.15) is 28.8 Å². The van der Waals surface area contributed by atoms with E-state index < -0.39 is 11.8 Å². The average Bonchev–Trinajstić information content (AvgIpc) is 3.35. The van der Waals surface area contributed by atoms with E-state index in [-0.39, 0.29) is 12.2 Å². The number of ether oxygens (including phenoxy) is 1. The van der Waals surface area contributed by atoms with Crippen molar-refractivity contribution in [2.45, 2.75) is 26.0 Å². The van der Waals surface area contributed by atoms with Gasteiger partial charge in [-0.1, -0.05) is 18.2 Å². The van der Waals surface area contributed by atoms with E-state index in [2.05, 4.69) is 5.10 Å². The Morgan fingerprint density at radius 2 is 2.07 bits per heavy atom. The van der Waals surface area contributed by atoms with Crippen LogP contribution in [-0.2, 0) is 13.2 Å². The fraction of sp³-hybridized carbons (Fsp3) is 0.238. The Labute approximate surface area is 156 Å². The van der Waals surface area contributed by atoms with Crippen LogP contribution < -0.4 is 4.74 Å². The molecule has 0 bridgehead atoms. The summed E-state index contributed by atoms with van der Waals surface area (Å²) in [5.74, 6) is -0.388. The second kappa shape index (κ2) is 7.23. The van der Waals surface area contributed by atoms with Gasteiger partial charge in [-0.15, -0.1) is 0 Å². The van der Waals surface area contributed by atoms with Crippen LogP contribution in [0.2, 0.25) is 0 Å². The summed E-state index contributed by atoms with van der Waals surface area (Å²) in [5.41, 5.74) is 2.03. The lowest BCUT2D eigenvalue weighted by atomic mass is 10.1. The number of hydrogen-bond donors (Lipinski definition) is 1. The molecule has 5 nitrogen and oxygen atoms in total. The highest BCUT2D eigenvalue weighted by Crippen LogP contribution is 2.31. The van der Waals surface area contributed by atoms with Crippen LogP contribution in [0.15, 0.2) is 54.7 Å². The zero-order valence-electron chi connectivity index (χ0n) is 14.6. The number of rotatable bonds is 7. The van der Waals surface area contributed by atoms with Gasteiger partial charge in [0.05, 0.1) is 11.3 Å². The molecular weight excluding hydrogens is 347 g/mol. The molecule has 0 atom stereocenters. The molecule has 1 aromatic heterocycles. The Bertz CT molecular complexity index is 979. The number of nitrogens with zero attached hydrogens (tertiary/aromatic N) is 2. The molecule has 1 aliphatic rings. The molecule has 1 fully saturated rings. The van der Waals surface area contributed by atoms with Gasteiger partial charge in [0.15, 0.2) is 0 Å². The van der Waals surface area contributed by atoms with Crippen molar-refractivity contribution in [2.75, 3.05) is 0 Å². The first-order valence-electron chi connectivity index (χ1n) is 8.87. The number of benzene rings is 2. The van der Waals surface area contributed by atoms with Gasteiger partial charge in [0, 0.05) is 23.9 Å². The number of halogens is 1. The minimum atomic E-state index is -1.16. The molecule has 27 heavy (non-hydrogen) atoms. The molecule has 0 amide bonds. The Balaban J connectivity index is 1.45. The molecule has 6 heteroatoms. The lowest BCUT2D eigenvalue weighted by Gasteiger charge is -2.09. The predicted octanol–water partition coefficient (Wildman–Crippen LogP) is 4.38. The van der Waals surface area contributed by atoms with Crippen molar-refractivity contribution >= 4 is 5.97 Å². The van der Waals surface area contributed by atoms with Gasteiger partial charge in [-0.2, -0.15) is 5.10 Å². The maximum atomic E-state index is 14.0. The van der Waals surface area contributed by atoms with Gasteiger partial charge in [-0.3, -0.25) is 4.68 Å². The van der Waals surface area contributed by atoms with Crippen molar-refractivity contribution in [3.8, 4) is 17.0 Å². The van der Waals surface area contributed by atoms with Gasteiger partial charge in [-0.25, -0.2) is 9.18 Å². The third-order valence-corrected chi connectivity index (χ3v) is 4.61. The fourth-order valence-electron chi connectivity index (χ4n) is 2.89. The summed E-state index contributed by atoms with van der Waals surface area (Å²) in [7, 11) is 0. The second-order valence-electron chi connectivity index (χ2n) is 6.79. The summed E-state index contributed by atoms with van der Waals surface area (Å²) in [5, 5.41) is 13.5. The van der Waals surface area contributed by atoms with Gasteiger partial charge in [-0.05, 0) is 49.1 Å². The molecule has 0 aliphatic heterocycles. The van der Waals surface area contributed by atoms with Crippen LogP contribution in [0.4, 0.5) is 4.39 Å². The van der Waals surface area contributed by atoms with Gasteiger partial charge in [0.2, 0.25) is 0 Å². The second-order valence-corrected chi connectivity index (χ2v) is 6.79. The predicted molar refractivity (Wildman–Crippen MR) is 98.1 cm³/mol. The van der Waals surface area contributed by atoms with Gasteiger partial charge in [0.1, 0.15) is 18.2 Å². The number of aromatic carboxylic acids is 1. The van der Waals surface area contributed by atoms with Gasteiger partial charge < -0.3 is 9.84 Å². The van der Waals surface area contributed by atoms with E-state index >= 15 is 0 Å². The molecule has 2 aromatic carbocycles. The normalized spacial score (nSPS) is 13.5. The highest BCUT2D eigenvalue weighted by Gasteiger charge is 2.22. The Morgan fingerprint density at radius 1 is 1.22 bits per heavy atom. The molecule has 0 unspecified atom stereocenters. The third-order valence-electron chi connectivity index (χ3n) is 4.61. The Morgan fingerprint density at radius 3 is 2.81 bits per heavy atom. The molecule has 0 saturated heterocycles. The SMILES string of the molecule is O=C(O)c1ccc(COc2cccc(-c3ccn(CC4CC4)n3)c2)c(F)c1. The minimum Gasteiger partial charge on any atom is -0.489 e. The van der Waals surface area contributed by atoms with Gasteiger partial charge >= 0.3 is 5.97 Å². The first-order valence-corrected chi connectivity index (χ1v) is 8.87. The van der Waals surface area contributed by atoms with Crippen molar-refractivity contribution in [1.82, 2.24) is 9.78 Å². The molecule has 138 valence electrons. The maximum Gasteiger partial charge on any atom is 0.335 e. The van der Waals surface area contributed by atoms with Crippen LogP contribution in [0, 0.1) is 11.7 Å². The first kappa shape index (κ1) is 17.3. The number of carboxylic acid groups (broad SMARTS) is 1. The molecular formula is C21H19FN2O3. The zero-order chi connectivity index (χ0) is 18.8. The van der Waals surface area contributed by atoms with Gasteiger partial charge in [0.25, 0.3) is 0 Å². The largest absolute Gasteiger partial charge is 0.489 e. The molecule has 4 rings (SSSR count). The number of carbonyl (C=O) groups is 1. The van der Waals surface area contributed by atoms with E-state index in [0.717, 1.165) is 29.8 Å². The van der Waals surface area contributed by atoms with Crippen molar-refractivity contribution in [3.05, 3.63) is 71.7 Å². The monoisotopic (exact) mass is 366 g/mol. The van der Waals surface area contributed by atoms with E-state index in [1.807, 2.05) is 35.1 Å². The molecule has 1 heterocycles. The molecule has 1 N–H and O–H groups in total. The Hall–Kier alpha value is -3.15. The molecule has 0 radical (unpaired) electrons. The van der Waals surface area contributed by atoms with E-state index in [1.54, 1.807) is 6.07 Å². The highest BCUT2D eigenvalue weighted by atomic mass is 19.1. The van der Waals surface area contributed by atoms with E-state index in [1.165, 1.54) is 25.0 Å². The van der Waals surface area contributed by atoms with Crippen molar-refractivity contribution in [2.24, 2.45) is 5.92 Å². The fourth-order valence-corrected chi connectivity index (χ4v) is 2.89. The van der Waals surface area contributed by atoms with Crippen LogP contribution in [0.25, 0.3) is 11.3 Å². The lowest BCUT2D eigenvalue weighted by molar-refractivity contribution is 0.0696. The topological polar surface area (TPSA) is 64.3 Å². The maximum absolute atomic E-state index is 14.0. The standard InChI is InChI=1S/C21H19FN2O3/c22-19-11-16(21(25)26)6-7-17(19)13-27-18-3-1-2-15(10-18)20-8-9-24(23-20)12-14-4-5-14/h1-3,6-11,14H,4-5,12-13H2,(H,25,26). The third kappa shape index (κ3) is 4.16. The lowest BCUT2D eigenvalue weighted by Crippen LogP contribution is -2.02. The first-order chi connectivity index (χ1) is 13.1. The molecule has 3 aromatic rings. The van der Waals surface area contributed by atoms with Crippen molar-refractivity contribution in [1.29, 1.82) is 0 Å². The summed E-state index contributed by atoms with van der Waals surface area (Å²) >= 11 is 0. The van der Waals surface area contributed by atoms with E-state index in [0.29, 0.717) is 11.3 Å². The molecule has 0 spiro atoms. The van der Waals surface area contributed by atoms with Crippen LogP contribution >= 0.6 is 0 Å². The highest BCUT2D eigenvalue weighted by molar-refractivity contribution is 5.87. The quantitative estimate of drug-likeness (QED) is 0.674. The summed E-state index contributed by atoms with van der Waals surface area (Å²) in [6.07, 6.45) is 4.55. The number of carboxylic acids is 1. The van der Waals surface area contributed by atoms with E-state index in [4.69, 9.17) is 9.84 Å². The van der Waals surface area contributed by atoms with Crippen molar-refractivity contribution < 1.29 is 19.0 Å². The zero-order valence-corrected chi connectivity index (χ0v) is 14.6. The number of hydrogen-bond acceptors (Lipinski definition) is 3. The summed E-state index contributed by atoms with van der Waals surface area (Å²) < 4.78 is 21.7. The molecule has 1 saturated carbocycles. The Kier molecular flexibility index (Phi) is 4.62. The summed E-state index contributed by atoms with van der Waals surface area (Å²) in [4.78, 5) is 10.9. The number of aromatic nitrogens is 2. The smallest absolute Gasteiger partial charge is 0.335 e. The van der Waals surface area contributed by atoms with Crippen molar-refractivity contribution in [3.63, 3.8) is 0 Å². The average molecular weight is 366 g/mol. The van der Waals surface area contributed by atoms with Crippen LogP contribution in [0.5, 0.6) is 5.75 Å². The molecule has 1 aliphatic carbocycles.